The Bertz CT molecular complexity index is 623. The number of nitrogens with one attached hydrogen (secondary N) is 1. The number of hydrogen-bond donors (Lipinski definition) is 2. The Hall–Kier alpha value is -1.81. The zero-order chi connectivity index (χ0) is 14.0. The molecule has 0 aliphatic heterocycles. The van der Waals surface area contributed by atoms with Gasteiger partial charge in [-0.3, -0.25) is 5.41 Å². The Labute approximate surface area is 121 Å². The molecule has 0 atom stereocenters. The third-order valence-corrected chi connectivity index (χ3v) is 3.67. The minimum Gasteiger partial charge on any atom is -0.384 e. The molecule has 0 radical (unpaired) electrons. The molecule has 0 unspecified atom stereocenters. The van der Waals surface area contributed by atoms with Crippen molar-refractivity contribution in [3.05, 3.63) is 58.1 Å². The Kier molecular flexibility index (Phi) is 3.90. The van der Waals surface area contributed by atoms with Gasteiger partial charge in [-0.05, 0) is 52.7 Å². The van der Waals surface area contributed by atoms with E-state index in [1.165, 1.54) is 5.56 Å². The minimum atomic E-state index is 0.0574. The number of amidine groups is 1. The van der Waals surface area contributed by atoms with Gasteiger partial charge in [-0.25, -0.2) is 0 Å². The second kappa shape index (κ2) is 5.45. The third-order valence-electron chi connectivity index (χ3n) is 3.01. The molecule has 2 aromatic rings. The lowest BCUT2D eigenvalue weighted by atomic mass is 10.1. The number of nitrogen functional groups attached to an aromatic ring is 1. The van der Waals surface area contributed by atoms with Gasteiger partial charge in [0.15, 0.2) is 0 Å². The molecule has 4 heteroatoms. The molecule has 0 fully saturated rings. The summed E-state index contributed by atoms with van der Waals surface area (Å²) in [5.41, 5.74) is 9.58. The van der Waals surface area contributed by atoms with Crippen LogP contribution in [0.2, 0.25) is 0 Å². The molecule has 0 bridgehead atoms. The second-order valence-corrected chi connectivity index (χ2v) is 5.30. The molecule has 0 amide bonds. The van der Waals surface area contributed by atoms with Crippen molar-refractivity contribution in [1.29, 1.82) is 5.41 Å². The number of anilines is 2. The van der Waals surface area contributed by atoms with Crippen molar-refractivity contribution in [2.45, 2.75) is 6.92 Å². The van der Waals surface area contributed by atoms with E-state index in [1.807, 2.05) is 42.3 Å². The minimum absolute atomic E-state index is 0.0574. The zero-order valence-electron chi connectivity index (χ0n) is 10.9. The third kappa shape index (κ3) is 2.79. The van der Waals surface area contributed by atoms with E-state index in [0.717, 1.165) is 15.8 Å². The van der Waals surface area contributed by atoms with Crippen LogP contribution < -0.4 is 10.6 Å². The maximum absolute atomic E-state index is 7.74. The van der Waals surface area contributed by atoms with E-state index in [1.54, 1.807) is 0 Å². The van der Waals surface area contributed by atoms with Gasteiger partial charge in [0.25, 0.3) is 0 Å². The maximum Gasteiger partial charge on any atom is 0.126 e. The molecule has 0 saturated carbocycles. The van der Waals surface area contributed by atoms with Crippen LogP contribution in [-0.2, 0) is 0 Å². The van der Waals surface area contributed by atoms with E-state index < -0.39 is 0 Å². The van der Waals surface area contributed by atoms with Crippen LogP contribution in [0.4, 0.5) is 11.4 Å². The highest BCUT2D eigenvalue weighted by Gasteiger charge is 2.14. The van der Waals surface area contributed by atoms with Crippen molar-refractivity contribution in [3.8, 4) is 0 Å². The van der Waals surface area contributed by atoms with E-state index >= 15 is 0 Å². The highest BCUT2D eigenvalue weighted by Crippen LogP contribution is 2.31. The highest BCUT2D eigenvalue weighted by molar-refractivity contribution is 9.10. The number of nitrogens with zero attached hydrogens (tertiary/aromatic N) is 1. The van der Waals surface area contributed by atoms with Gasteiger partial charge in [0, 0.05) is 17.2 Å². The van der Waals surface area contributed by atoms with E-state index in [-0.39, 0.29) is 5.84 Å². The lowest BCUT2D eigenvalue weighted by molar-refractivity contribution is 1.19. The molecular formula is C15H16BrN3. The molecule has 2 rings (SSSR count). The van der Waals surface area contributed by atoms with Crippen LogP contribution in [0.1, 0.15) is 11.1 Å². The van der Waals surface area contributed by atoms with Gasteiger partial charge in [0.1, 0.15) is 5.84 Å². The summed E-state index contributed by atoms with van der Waals surface area (Å²) >= 11 is 3.46. The molecule has 0 spiro atoms. The first-order valence-corrected chi connectivity index (χ1v) is 6.73. The first-order chi connectivity index (χ1) is 9.00. The fraction of sp³-hybridized carbons (Fsp3) is 0.133. The first kappa shape index (κ1) is 13.6. The summed E-state index contributed by atoms with van der Waals surface area (Å²) in [6.45, 7) is 2.06. The molecule has 0 aliphatic carbocycles. The predicted octanol–water partition coefficient (Wildman–Crippen LogP) is 3.81. The van der Waals surface area contributed by atoms with Crippen LogP contribution in [0.25, 0.3) is 0 Å². The second-order valence-electron chi connectivity index (χ2n) is 4.45. The molecule has 2 aromatic carbocycles. The molecule has 0 aromatic heterocycles. The molecule has 98 valence electrons. The van der Waals surface area contributed by atoms with E-state index in [9.17, 15) is 0 Å². The number of nitrogens with two attached hydrogens (primary N) is 1. The number of benzene rings is 2. The van der Waals surface area contributed by atoms with E-state index in [4.69, 9.17) is 11.1 Å². The summed E-state index contributed by atoms with van der Waals surface area (Å²) in [5, 5.41) is 7.74. The fourth-order valence-corrected chi connectivity index (χ4v) is 2.60. The molecular weight excluding hydrogens is 302 g/mol. The average molecular weight is 318 g/mol. The Morgan fingerprint density at radius 2 is 1.89 bits per heavy atom. The van der Waals surface area contributed by atoms with Crippen LogP contribution in [0, 0.1) is 12.3 Å². The Balaban J connectivity index is 2.53. The summed E-state index contributed by atoms with van der Waals surface area (Å²) < 4.78 is 0.831. The van der Waals surface area contributed by atoms with Crippen molar-refractivity contribution in [2.24, 2.45) is 5.73 Å². The van der Waals surface area contributed by atoms with Crippen molar-refractivity contribution in [3.63, 3.8) is 0 Å². The topological polar surface area (TPSA) is 53.1 Å². The number of aryl methyl sites for hydroxylation is 1. The van der Waals surface area contributed by atoms with Gasteiger partial charge < -0.3 is 10.6 Å². The fourth-order valence-electron chi connectivity index (χ4n) is 2.03. The number of rotatable bonds is 3. The standard InChI is InChI=1S/C15H16BrN3/c1-10-5-3-6-11(9-10)19(2)13-8-4-7-12(16)14(13)15(17)18/h3-9H,1-2H3,(H3,17,18). The van der Waals surface area contributed by atoms with Crippen LogP contribution in [-0.4, -0.2) is 12.9 Å². The lowest BCUT2D eigenvalue weighted by Crippen LogP contribution is -2.19. The van der Waals surface area contributed by atoms with E-state index in [0.29, 0.717) is 5.56 Å². The van der Waals surface area contributed by atoms with Gasteiger partial charge in [-0.2, -0.15) is 0 Å². The van der Waals surface area contributed by atoms with Gasteiger partial charge in [0.05, 0.1) is 11.3 Å². The smallest absolute Gasteiger partial charge is 0.126 e. The van der Waals surface area contributed by atoms with Crippen molar-refractivity contribution < 1.29 is 0 Å². The van der Waals surface area contributed by atoms with E-state index in [2.05, 4.69) is 35.0 Å². The molecule has 19 heavy (non-hydrogen) atoms. The Morgan fingerprint density at radius 1 is 1.21 bits per heavy atom. The number of hydrogen-bond acceptors (Lipinski definition) is 2. The van der Waals surface area contributed by atoms with Gasteiger partial charge in [0.2, 0.25) is 0 Å². The normalized spacial score (nSPS) is 10.3. The highest BCUT2D eigenvalue weighted by atomic mass is 79.9. The van der Waals surface area contributed by atoms with Crippen LogP contribution in [0.5, 0.6) is 0 Å². The number of halogens is 1. The summed E-state index contributed by atoms with van der Waals surface area (Å²) in [5.74, 6) is 0.0574. The monoisotopic (exact) mass is 317 g/mol. The summed E-state index contributed by atoms with van der Waals surface area (Å²) in [6, 6.07) is 14.0. The first-order valence-electron chi connectivity index (χ1n) is 5.94. The SMILES string of the molecule is Cc1cccc(N(C)c2cccc(Br)c2C(=N)N)c1. The quantitative estimate of drug-likeness (QED) is 0.668. The van der Waals surface area contributed by atoms with Crippen LogP contribution in [0.15, 0.2) is 46.9 Å². The predicted molar refractivity (Wildman–Crippen MR) is 84.4 cm³/mol. The summed E-state index contributed by atoms with van der Waals surface area (Å²) in [7, 11) is 1.98. The summed E-state index contributed by atoms with van der Waals surface area (Å²) in [6.07, 6.45) is 0. The van der Waals surface area contributed by atoms with Crippen molar-refractivity contribution in [1.82, 2.24) is 0 Å². The Morgan fingerprint density at radius 3 is 2.53 bits per heavy atom. The maximum atomic E-state index is 7.74. The van der Waals surface area contributed by atoms with Gasteiger partial charge >= 0.3 is 0 Å². The summed E-state index contributed by atoms with van der Waals surface area (Å²) in [4.78, 5) is 2.04. The van der Waals surface area contributed by atoms with Gasteiger partial charge in [-0.15, -0.1) is 0 Å². The van der Waals surface area contributed by atoms with Gasteiger partial charge in [-0.1, -0.05) is 18.2 Å². The van der Waals surface area contributed by atoms with Crippen LogP contribution in [0.3, 0.4) is 0 Å². The largest absolute Gasteiger partial charge is 0.384 e. The zero-order valence-corrected chi connectivity index (χ0v) is 12.5. The molecule has 0 saturated heterocycles. The van der Waals surface area contributed by atoms with Crippen molar-refractivity contribution in [2.75, 3.05) is 11.9 Å². The van der Waals surface area contributed by atoms with Crippen molar-refractivity contribution >= 4 is 33.1 Å². The average Bonchev–Trinajstić information content (AvgIpc) is 2.37. The molecule has 0 aliphatic rings. The molecule has 3 N–H and O–H groups in total. The lowest BCUT2D eigenvalue weighted by Gasteiger charge is -2.23. The molecule has 0 heterocycles. The van der Waals surface area contributed by atoms with Crippen LogP contribution >= 0.6 is 15.9 Å². The molecule has 3 nitrogen and oxygen atoms in total.